The maximum atomic E-state index is 14.0. The van der Waals surface area contributed by atoms with Crippen LogP contribution in [0.3, 0.4) is 0 Å². The first-order chi connectivity index (χ1) is 20.8. The molecule has 2 aromatic carbocycles. The Labute approximate surface area is 262 Å². The maximum absolute atomic E-state index is 14.0. The predicted octanol–water partition coefficient (Wildman–Crippen LogP) is 4.82. The third-order valence-electron chi connectivity index (χ3n) is 7.71. The molecular formula is C32H40F3N7OS. The van der Waals surface area contributed by atoms with Crippen molar-refractivity contribution in [3.05, 3.63) is 89.0 Å². The number of ketones is 1. The van der Waals surface area contributed by atoms with Gasteiger partial charge in [0.2, 0.25) is 0 Å². The molecule has 0 bridgehead atoms. The summed E-state index contributed by atoms with van der Waals surface area (Å²) in [6.07, 6.45) is -1.62. The molecule has 3 aromatic rings. The van der Waals surface area contributed by atoms with Gasteiger partial charge in [-0.05, 0) is 61.6 Å². The Kier molecular flexibility index (Phi) is 12.5. The Bertz CT molecular complexity index is 1430. The van der Waals surface area contributed by atoms with Crippen LogP contribution < -0.4 is 11.1 Å². The second-order valence-electron chi connectivity index (χ2n) is 11.2. The van der Waals surface area contributed by atoms with Crippen molar-refractivity contribution in [3.63, 3.8) is 0 Å². The molecule has 0 saturated heterocycles. The van der Waals surface area contributed by atoms with E-state index >= 15 is 0 Å². The summed E-state index contributed by atoms with van der Waals surface area (Å²) < 4.78 is 43.6. The minimum atomic E-state index is -4.56. The summed E-state index contributed by atoms with van der Waals surface area (Å²) in [6.45, 7) is 5.19. The second-order valence-corrected chi connectivity index (χ2v) is 11.6. The predicted molar refractivity (Wildman–Crippen MR) is 168 cm³/mol. The first-order valence-electron chi connectivity index (χ1n) is 14.5. The van der Waals surface area contributed by atoms with Gasteiger partial charge < -0.3 is 25.4 Å². The van der Waals surface area contributed by atoms with Crippen LogP contribution in [0.1, 0.15) is 48.2 Å². The topological polar surface area (TPSA) is 103 Å². The molecule has 0 aliphatic rings. The fraction of sp³-hybridized carbons (Fsp3) is 0.438. The average molecular weight is 628 g/mol. The lowest BCUT2D eigenvalue weighted by Crippen LogP contribution is -2.56. The molecule has 12 heteroatoms. The number of imidazole rings is 1. The van der Waals surface area contributed by atoms with Crippen molar-refractivity contribution in [3.8, 4) is 6.07 Å². The van der Waals surface area contributed by atoms with Crippen LogP contribution in [-0.2, 0) is 30.5 Å². The molecule has 44 heavy (non-hydrogen) atoms. The highest BCUT2D eigenvalue weighted by Gasteiger charge is 2.38. The Morgan fingerprint density at radius 2 is 1.86 bits per heavy atom. The molecule has 1 heterocycles. The van der Waals surface area contributed by atoms with Gasteiger partial charge >= 0.3 is 6.18 Å². The molecule has 8 nitrogen and oxygen atoms in total. The quantitative estimate of drug-likeness (QED) is 0.194. The number of carbonyl (C=O) groups is 1. The zero-order chi connectivity index (χ0) is 32.4. The molecule has 0 fully saturated rings. The van der Waals surface area contributed by atoms with Crippen LogP contribution in [0.2, 0.25) is 0 Å². The van der Waals surface area contributed by atoms with E-state index in [-0.39, 0.29) is 35.3 Å². The number of rotatable bonds is 14. The minimum absolute atomic E-state index is 0.0167. The number of thiocarbonyl (C=S) groups is 1. The fourth-order valence-corrected chi connectivity index (χ4v) is 5.31. The van der Waals surface area contributed by atoms with Gasteiger partial charge in [-0.2, -0.15) is 18.4 Å². The summed E-state index contributed by atoms with van der Waals surface area (Å²) in [6, 6.07) is 14.6. The van der Waals surface area contributed by atoms with Crippen LogP contribution in [-0.4, -0.2) is 63.6 Å². The molecule has 1 aromatic heterocycles. The number of benzene rings is 2. The Morgan fingerprint density at radius 1 is 1.18 bits per heavy atom. The van der Waals surface area contributed by atoms with E-state index in [9.17, 15) is 18.0 Å². The molecule has 1 unspecified atom stereocenters. The highest BCUT2D eigenvalue weighted by atomic mass is 32.1. The van der Waals surface area contributed by atoms with E-state index in [1.807, 2.05) is 49.5 Å². The fourth-order valence-electron chi connectivity index (χ4n) is 5.03. The zero-order valence-electron chi connectivity index (χ0n) is 25.5. The highest BCUT2D eigenvalue weighted by Crippen LogP contribution is 2.33. The monoisotopic (exact) mass is 627 g/mol. The van der Waals surface area contributed by atoms with Crippen molar-refractivity contribution >= 4 is 23.1 Å². The summed E-state index contributed by atoms with van der Waals surface area (Å²) >= 11 is 5.69. The number of likely N-dealkylation sites (N-methyl/N-ethyl adjacent to an activating group) is 1. The molecule has 3 atom stereocenters. The van der Waals surface area contributed by atoms with Crippen molar-refractivity contribution in [1.29, 1.82) is 5.26 Å². The molecule has 0 spiro atoms. The number of hydrogen-bond donors (Lipinski definition) is 2. The standard InChI is InChI=1S/C32H40F3N7OS/c1-5-22(2)29(28(43)16-26-18-38-21-41(26)19-24-12-10-23(17-36)11-13-24)30(37)42(31(44)39-14-15-40(3)4)20-25-8-6-7-9-27(25)32(33,34)35/h6-13,18,21-22,29-30H,5,14-16,19-20,37H2,1-4H3,(H,39,44)/t22-,29+,30?/m0/s1. The van der Waals surface area contributed by atoms with Crippen LogP contribution in [0.4, 0.5) is 13.2 Å². The molecular weight excluding hydrogens is 587 g/mol. The van der Waals surface area contributed by atoms with Gasteiger partial charge in [0.15, 0.2) is 5.11 Å². The molecule has 0 radical (unpaired) electrons. The second kappa shape index (κ2) is 15.8. The zero-order valence-corrected chi connectivity index (χ0v) is 26.3. The summed E-state index contributed by atoms with van der Waals surface area (Å²) in [5, 5.41) is 12.4. The third kappa shape index (κ3) is 9.35. The van der Waals surface area contributed by atoms with Crippen molar-refractivity contribution in [2.75, 3.05) is 27.2 Å². The van der Waals surface area contributed by atoms with Gasteiger partial charge in [0.1, 0.15) is 5.78 Å². The van der Waals surface area contributed by atoms with E-state index in [1.165, 1.54) is 17.0 Å². The van der Waals surface area contributed by atoms with Crippen molar-refractivity contribution in [1.82, 2.24) is 24.7 Å². The van der Waals surface area contributed by atoms with Gasteiger partial charge in [-0.25, -0.2) is 4.98 Å². The van der Waals surface area contributed by atoms with E-state index in [4.69, 9.17) is 23.2 Å². The van der Waals surface area contributed by atoms with Gasteiger partial charge in [-0.1, -0.05) is 50.6 Å². The number of carbonyl (C=O) groups excluding carboxylic acids is 1. The molecule has 0 aliphatic carbocycles. The van der Waals surface area contributed by atoms with Gasteiger partial charge in [0.25, 0.3) is 0 Å². The van der Waals surface area contributed by atoms with Crippen LogP contribution in [0.5, 0.6) is 0 Å². The summed E-state index contributed by atoms with van der Waals surface area (Å²) in [7, 11) is 3.80. The van der Waals surface area contributed by atoms with Crippen LogP contribution in [0.15, 0.2) is 61.1 Å². The molecule has 3 rings (SSSR count). The number of nitrogens with zero attached hydrogens (tertiary/aromatic N) is 5. The van der Waals surface area contributed by atoms with Gasteiger partial charge in [0, 0.05) is 44.5 Å². The molecule has 0 aliphatic heterocycles. The number of aromatic nitrogens is 2. The minimum Gasteiger partial charge on any atom is -0.361 e. The number of halogens is 3. The van der Waals surface area contributed by atoms with Crippen molar-refractivity contribution in [2.24, 2.45) is 17.6 Å². The summed E-state index contributed by atoms with van der Waals surface area (Å²) in [4.78, 5) is 21.7. The van der Waals surface area contributed by atoms with E-state index in [2.05, 4.69) is 16.4 Å². The maximum Gasteiger partial charge on any atom is 0.416 e. The van der Waals surface area contributed by atoms with Gasteiger partial charge in [-0.3, -0.25) is 4.79 Å². The highest BCUT2D eigenvalue weighted by molar-refractivity contribution is 7.80. The summed E-state index contributed by atoms with van der Waals surface area (Å²) in [5.74, 6) is -1.07. The van der Waals surface area contributed by atoms with E-state index in [0.717, 1.165) is 11.6 Å². The van der Waals surface area contributed by atoms with Gasteiger partial charge in [0.05, 0.1) is 35.6 Å². The Morgan fingerprint density at radius 3 is 2.48 bits per heavy atom. The van der Waals surface area contributed by atoms with E-state index in [0.29, 0.717) is 37.3 Å². The first kappa shape index (κ1) is 34.7. The average Bonchev–Trinajstić information content (AvgIpc) is 3.41. The molecule has 0 amide bonds. The van der Waals surface area contributed by atoms with Gasteiger partial charge in [-0.15, -0.1) is 0 Å². The van der Waals surface area contributed by atoms with E-state index in [1.54, 1.807) is 30.7 Å². The summed E-state index contributed by atoms with van der Waals surface area (Å²) in [5.41, 5.74) is 8.25. The molecule has 236 valence electrons. The van der Waals surface area contributed by atoms with Crippen LogP contribution in [0, 0.1) is 23.2 Å². The number of nitrogens with one attached hydrogen (secondary N) is 1. The number of nitriles is 1. The number of Topliss-reactive ketones (excluding diaryl/α,β-unsaturated/α-hetero) is 1. The van der Waals surface area contributed by atoms with Crippen molar-refractivity contribution in [2.45, 2.75) is 52.1 Å². The van der Waals surface area contributed by atoms with Crippen molar-refractivity contribution < 1.29 is 18.0 Å². The third-order valence-corrected chi connectivity index (χ3v) is 8.08. The lowest BCUT2D eigenvalue weighted by molar-refractivity contribution is -0.138. The Hall–Kier alpha value is -3.79. The number of hydrogen-bond acceptors (Lipinski definition) is 6. The Balaban J connectivity index is 1.91. The smallest absolute Gasteiger partial charge is 0.361 e. The molecule has 3 N–H and O–H groups in total. The lowest BCUT2D eigenvalue weighted by Gasteiger charge is -2.38. The SMILES string of the molecule is CC[C@H](C)[C@H](C(=O)Cc1cncn1Cc1ccc(C#N)cc1)C(N)N(Cc1ccccc1C(F)(F)F)C(=S)NCCN(C)C. The molecule has 0 saturated carbocycles. The number of alkyl halides is 3. The lowest BCUT2D eigenvalue weighted by atomic mass is 9.83. The largest absolute Gasteiger partial charge is 0.416 e. The first-order valence-corrected chi connectivity index (χ1v) is 14.9. The van der Waals surface area contributed by atoms with E-state index < -0.39 is 23.8 Å². The van der Waals surface area contributed by atoms with Crippen LogP contribution in [0.25, 0.3) is 0 Å². The van der Waals surface area contributed by atoms with Crippen LogP contribution >= 0.6 is 12.2 Å². The number of nitrogens with two attached hydrogens (primary N) is 1. The normalized spacial score (nSPS) is 13.6.